The van der Waals surface area contributed by atoms with Crippen LogP contribution in [0, 0.1) is 0 Å². The maximum Gasteiger partial charge on any atom is 0.317 e. The van der Waals surface area contributed by atoms with Crippen molar-refractivity contribution in [3.63, 3.8) is 0 Å². The number of aliphatic carboxylic acids is 1. The molecule has 0 saturated carbocycles. The van der Waals surface area contributed by atoms with Crippen LogP contribution < -0.4 is 5.32 Å². The summed E-state index contributed by atoms with van der Waals surface area (Å²) in [5.74, 6) is -0.922. The first-order chi connectivity index (χ1) is 9.04. The van der Waals surface area contributed by atoms with Gasteiger partial charge in [0.1, 0.15) is 0 Å². The molecule has 0 heterocycles. The Labute approximate surface area is 120 Å². The lowest BCUT2D eigenvalue weighted by Crippen LogP contribution is -2.40. The minimum atomic E-state index is -0.922. The van der Waals surface area contributed by atoms with E-state index in [9.17, 15) is 9.59 Å². The summed E-state index contributed by atoms with van der Waals surface area (Å²) in [5, 5.41) is 11.1. The minimum Gasteiger partial charge on any atom is -0.481 e. The summed E-state index contributed by atoms with van der Waals surface area (Å²) in [6, 6.07) is 7.44. The SMILES string of the molecule is CCN(Cc1ccccc1Br)C(=O)NCCC(=O)O. The van der Waals surface area contributed by atoms with Crippen LogP contribution in [0.1, 0.15) is 18.9 Å². The molecular weight excluding hydrogens is 312 g/mol. The molecule has 0 unspecified atom stereocenters. The van der Waals surface area contributed by atoms with Crippen molar-refractivity contribution in [1.29, 1.82) is 0 Å². The van der Waals surface area contributed by atoms with E-state index >= 15 is 0 Å². The van der Waals surface area contributed by atoms with Gasteiger partial charge in [0.15, 0.2) is 0 Å². The van der Waals surface area contributed by atoms with Crippen LogP contribution in [0.4, 0.5) is 4.79 Å². The first-order valence-corrected chi connectivity index (χ1v) is 6.82. The van der Waals surface area contributed by atoms with Crippen molar-refractivity contribution in [2.75, 3.05) is 13.1 Å². The zero-order valence-electron chi connectivity index (χ0n) is 10.7. The number of rotatable bonds is 6. The Hall–Kier alpha value is -1.56. The standard InChI is InChI=1S/C13H17BrN2O3/c1-2-16(13(19)15-8-7-12(17)18)9-10-5-3-4-6-11(10)14/h3-6H,2,7-9H2,1H3,(H,15,19)(H,17,18). The Morgan fingerprint density at radius 2 is 2.05 bits per heavy atom. The van der Waals surface area contributed by atoms with Gasteiger partial charge in [-0.3, -0.25) is 4.79 Å². The summed E-state index contributed by atoms with van der Waals surface area (Å²) >= 11 is 3.44. The zero-order chi connectivity index (χ0) is 14.3. The third kappa shape index (κ3) is 5.30. The summed E-state index contributed by atoms with van der Waals surface area (Å²) in [5.41, 5.74) is 1.01. The molecule has 0 aliphatic rings. The number of halogens is 1. The van der Waals surface area contributed by atoms with Gasteiger partial charge >= 0.3 is 12.0 Å². The average Bonchev–Trinajstić information content (AvgIpc) is 2.37. The van der Waals surface area contributed by atoms with Crippen LogP contribution in [0.3, 0.4) is 0 Å². The smallest absolute Gasteiger partial charge is 0.317 e. The van der Waals surface area contributed by atoms with E-state index < -0.39 is 5.97 Å². The third-order valence-corrected chi connectivity index (χ3v) is 3.38. The first-order valence-electron chi connectivity index (χ1n) is 6.02. The molecule has 1 aromatic rings. The van der Waals surface area contributed by atoms with Gasteiger partial charge in [-0.15, -0.1) is 0 Å². The van der Waals surface area contributed by atoms with Gasteiger partial charge in [0, 0.05) is 24.1 Å². The largest absolute Gasteiger partial charge is 0.481 e. The molecule has 0 atom stereocenters. The summed E-state index contributed by atoms with van der Waals surface area (Å²) in [6.07, 6.45) is -0.0711. The van der Waals surface area contributed by atoms with Crippen LogP contribution >= 0.6 is 15.9 Å². The summed E-state index contributed by atoms with van der Waals surface area (Å²) in [7, 11) is 0. The summed E-state index contributed by atoms with van der Waals surface area (Å²) in [6.45, 7) is 3.06. The normalized spacial score (nSPS) is 10.0. The van der Waals surface area contributed by atoms with E-state index in [2.05, 4.69) is 21.2 Å². The number of hydrogen-bond donors (Lipinski definition) is 2. The number of amides is 2. The number of carboxylic acids is 1. The molecule has 104 valence electrons. The van der Waals surface area contributed by atoms with Gasteiger partial charge in [-0.05, 0) is 18.6 Å². The number of hydrogen-bond acceptors (Lipinski definition) is 2. The van der Waals surface area contributed by atoms with Crippen molar-refractivity contribution in [3.05, 3.63) is 34.3 Å². The van der Waals surface area contributed by atoms with E-state index in [1.165, 1.54) is 0 Å². The molecule has 0 saturated heterocycles. The van der Waals surface area contributed by atoms with Gasteiger partial charge < -0.3 is 15.3 Å². The highest BCUT2D eigenvalue weighted by molar-refractivity contribution is 9.10. The van der Waals surface area contributed by atoms with Gasteiger partial charge in [0.2, 0.25) is 0 Å². The molecule has 19 heavy (non-hydrogen) atoms. The van der Waals surface area contributed by atoms with Crippen molar-refractivity contribution in [1.82, 2.24) is 10.2 Å². The Morgan fingerprint density at radius 1 is 1.37 bits per heavy atom. The van der Waals surface area contributed by atoms with Crippen LogP contribution in [-0.2, 0) is 11.3 Å². The monoisotopic (exact) mass is 328 g/mol. The van der Waals surface area contributed by atoms with E-state index in [0.717, 1.165) is 10.0 Å². The second-order valence-electron chi connectivity index (χ2n) is 3.98. The van der Waals surface area contributed by atoms with Crippen LogP contribution in [-0.4, -0.2) is 35.1 Å². The number of carbonyl (C=O) groups is 2. The van der Waals surface area contributed by atoms with Crippen molar-refractivity contribution < 1.29 is 14.7 Å². The molecular formula is C13H17BrN2O3. The highest BCUT2D eigenvalue weighted by Crippen LogP contribution is 2.17. The van der Waals surface area contributed by atoms with E-state index in [4.69, 9.17) is 5.11 Å². The van der Waals surface area contributed by atoms with Gasteiger partial charge in [-0.1, -0.05) is 34.1 Å². The second kappa shape index (κ2) is 7.78. The van der Waals surface area contributed by atoms with Crippen LogP contribution in [0.2, 0.25) is 0 Å². The molecule has 0 radical (unpaired) electrons. The quantitative estimate of drug-likeness (QED) is 0.842. The van der Waals surface area contributed by atoms with E-state index in [0.29, 0.717) is 13.1 Å². The number of nitrogens with one attached hydrogen (secondary N) is 1. The predicted molar refractivity (Wildman–Crippen MR) is 75.9 cm³/mol. The Morgan fingerprint density at radius 3 is 2.63 bits per heavy atom. The lowest BCUT2D eigenvalue weighted by molar-refractivity contribution is -0.136. The Bertz CT molecular complexity index is 451. The highest BCUT2D eigenvalue weighted by atomic mass is 79.9. The Balaban J connectivity index is 2.55. The molecule has 0 aromatic heterocycles. The van der Waals surface area contributed by atoms with Crippen LogP contribution in [0.25, 0.3) is 0 Å². The van der Waals surface area contributed by atoms with E-state index in [-0.39, 0.29) is 19.0 Å². The molecule has 2 amide bonds. The third-order valence-electron chi connectivity index (χ3n) is 2.60. The topological polar surface area (TPSA) is 69.6 Å². The predicted octanol–water partition coefficient (Wildman–Crippen LogP) is 2.46. The molecule has 5 nitrogen and oxygen atoms in total. The Kier molecular flexibility index (Phi) is 6.35. The molecule has 1 rings (SSSR count). The van der Waals surface area contributed by atoms with Crippen molar-refractivity contribution >= 4 is 27.9 Å². The maximum absolute atomic E-state index is 11.9. The maximum atomic E-state index is 11.9. The van der Waals surface area contributed by atoms with Crippen molar-refractivity contribution in [2.24, 2.45) is 0 Å². The van der Waals surface area contributed by atoms with Gasteiger partial charge in [-0.25, -0.2) is 4.79 Å². The van der Waals surface area contributed by atoms with Gasteiger partial charge in [0.05, 0.1) is 6.42 Å². The molecule has 1 aromatic carbocycles. The van der Waals surface area contributed by atoms with E-state index in [1.807, 2.05) is 31.2 Å². The van der Waals surface area contributed by atoms with Gasteiger partial charge in [-0.2, -0.15) is 0 Å². The second-order valence-corrected chi connectivity index (χ2v) is 4.84. The zero-order valence-corrected chi connectivity index (χ0v) is 12.3. The number of benzene rings is 1. The number of carbonyl (C=O) groups excluding carboxylic acids is 1. The molecule has 0 aliphatic carbocycles. The molecule has 0 fully saturated rings. The summed E-state index contributed by atoms with van der Waals surface area (Å²) < 4.78 is 0.951. The minimum absolute atomic E-state index is 0.0711. The van der Waals surface area contributed by atoms with Gasteiger partial charge in [0.25, 0.3) is 0 Å². The van der Waals surface area contributed by atoms with Crippen molar-refractivity contribution in [3.8, 4) is 0 Å². The molecule has 2 N–H and O–H groups in total. The van der Waals surface area contributed by atoms with Crippen LogP contribution in [0.15, 0.2) is 28.7 Å². The fraction of sp³-hybridized carbons (Fsp3) is 0.385. The molecule has 0 bridgehead atoms. The molecule has 0 aliphatic heterocycles. The lowest BCUT2D eigenvalue weighted by Gasteiger charge is -2.22. The molecule has 0 spiro atoms. The first kappa shape index (κ1) is 15.5. The average molecular weight is 329 g/mol. The van der Waals surface area contributed by atoms with Crippen molar-refractivity contribution in [2.45, 2.75) is 19.9 Å². The van der Waals surface area contributed by atoms with Crippen LogP contribution in [0.5, 0.6) is 0 Å². The summed E-state index contributed by atoms with van der Waals surface area (Å²) in [4.78, 5) is 23.9. The number of nitrogens with zero attached hydrogens (tertiary/aromatic N) is 1. The fourth-order valence-electron chi connectivity index (χ4n) is 1.55. The lowest BCUT2D eigenvalue weighted by atomic mass is 10.2. The highest BCUT2D eigenvalue weighted by Gasteiger charge is 2.13. The fourth-order valence-corrected chi connectivity index (χ4v) is 1.96. The molecule has 6 heteroatoms. The number of urea groups is 1. The van der Waals surface area contributed by atoms with E-state index in [1.54, 1.807) is 4.90 Å². The number of carboxylic acid groups (broad SMARTS) is 1.